The fourth-order valence-corrected chi connectivity index (χ4v) is 1.51. The Morgan fingerprint density at radius 1 is 1.56 bits per heavy atom. The predicted molar refractivity (Wildman–Crippen MR) is 63.0 cm³/mol. The van der Waals surface area contributed by atoms with E-state index in [2.05, 4.69) is 11.1 Å². The molecule has 4 heteroatoms. The van der Waals surface area contributed by atoms with E-state index in [-0.39, 0.29) is 6.04 Å². The van der Waals surface area contributed by atoms with Gasteiger partial charge in [0.25, 0.3) is 0 Å². The van der Waals surface area contributed by atoms with E-state index in [1.165, 1.54) is 0 Å². The van der Waals surface area contributed by atoms with Gasteiger partial charge in [0.15, 0.2) is 0 Å². The molecule has 4 nitrogen and oxygen atoms in total. The van der Waals surface area contributed by atoms with E-state index in [0.717, 1.165) is 11.4 Å². The highest BCUT2D eigenvalue weighted by Crippen LogP contribution is 2.24. The molecule has 0 saturated heterocycles. The zero-order valence-electron chi connectivity index (χ0n) is 9.88. The first kappa shape index (κ1) is 12.5. The molecule has 1 aromatic heterocycles. The number of nitriles is 1. The van der Waals surface area contributed by atoms with Crippen LogP contribution < -0.4 is 4.90 Å². The summed E-state index contributed by atoms with van der Waals surface area (Å²) in [4.78, 5) is 6.18. The molecule has 0 fully saturated rings. The molecular weight excluding hydrogens is 202 g/mol. The normalized spacial score (nSPS) is 13.9. The van der Waals surface area contributed by atoms with Crippen molar-refractivity contribution in [1.82, 2.24) is 4.98 Å². The van der Waals surface area contributed by atoms with Gasteiger partial charge in [-0.1, -0.05) is 6.07 Å². The molecule has 16 heavy (non-hydrogen) atoms. The maximum absolute atomic E-state index is 9.63. The summed E-state index contributed by atoms with van der Waals surface area (Å²) in [6.07, 6.45) is 1.57. The molecule has 1 unspecified atom stereocenters. The monoisotopic (exact) mass is 219 g/mol. The predicted octanol–water partition coefficient (Wildman–Crippen LogP) is 1.87. The zero-order chi connectivity index (χ0) is 12.1. The second-order valence-electron chi connectivity index (χ2n) is 3.91. The van der Waals surface area contributed by atoms with E-state index in [1.54, 1.807) is 19.2 Å². The van der Waals surface area contributed by atoms with Crippen molar-refractivity contribution in [2.24, 2.45) is 0 Å². The van der Waals surface area contributed by atoms with Crippen molar-refractivity contribution in [3.05, 3.63) is 23.9 Å². The van der Waals surface area contributed by atoms with Crippen molar-refractivity contribution in [3.8, 4) is 6.07 Å². The van der Waals surface area contributed by atoms with Crippen LogP contribution in [0.15, 0.2) is 18.3 Å². The molecular formula is C12H17N3O. The van der Waals surface area contributed by atoms with Crippen molar-refractivity contribution in [2.75, 3.05) is 11.9 Å². The lowest BCUT2D eigenvalue weighted by atomic mass is 10.1. The first-order valence-electron chi connectivity index (χ1n) is 5.30. The molecule has 0 bridgehead atoms. The second-order valence-corrected chi connectivity index (χ2v) is 3.91. The van der Waals surface area contributed by atoms with Gasteiger partial charge in [0.2, 0.25) is 0 Å². The molecule has 0 radical (unpaired) electrons. The molecule has 0 aliphatic heterocycles. The molecule has 0 spiro atoms. The van der Waals surface area contributed by atoms with Crippen molar-refractivity contribution in [1.29, 1.82) is 5.26 Å². The van der Waals surface area contributed by atoms with Crippen LogP contribution in [0.3, 0.4) is 0 Å². The van der Waals surface area contributed by atoms with E-state index in [4.69, 9.17) is 5.26 Å². The van der Waals surface area contributed by atoms with Gasteiger partial charge in [-0.3, -0.25) is 0 Å². The number of rotatable bonds is 4. The number of aliphatic hydroxyl groups is 1. The summed E-state index contributed by atoms with van der Waals surface area (Å²) < 4.78 is 0. The molecule has 1 N–H and O–H groups in total. The van der Waals surface area contributed by atoms with Gasteiger partial charge in [0.05, 0.1) is 18.6 Å². The van der Waals surface area contributed by atoms with Crippen molar-refractivity contribution < 1.29 is 5.11 Å². The van der Waals surface area contributed by atoms with Gasteiger partial charge >= 0.3 is 0 Å². The van der Waals surface area contributed by atoms with Crippen LogP contribution in [0.5, 0.6) is 0 Å². The molecule has 1 rings (SSSR count). The van der Waals surface area contributed by atoms with Crippen molar-refractivity contribution >= 4 is 5.82 Å². The number of hydrogen-bond acceptors (Lipinski definition) is 4. The van der Waals surface area contributed by atoms with Crippen LogP contribution in [0.2, 0.25) is 0 Å². The summed E-state index contributed by atoms with van der Waals surface area (Å²) in [5, 5.41) is 18.3. The highest BCUT2D eigenvalue weighted by Gasteiger charge is 2.16. The largest absolute Gasteiger partial charge is 0.389 e. The minimum Gasteiger partial charge on any atom is -0.389 e. The lowest BCUT2D eigenvalue weighted by Crippen LogP contribution is -2.30. The quantitative estimate of drug-likeness (QED) is 0.839. The lowest BCUT2D eigenvalue weighted by molar-refractivity contribution is 0.199. The van der Waals surface area contributed by atoms with Gasteiger partial charge in [-0.2, -0.15) is 5.26 Å². The fraction of sp³-hybridized carbons (Fsp3) is 0.500. The Hall–Kier alpha value is -1.60. The topological polar surface area (TPSA) is 60.2 Å². The van der Waals surface area contributed by atoms with Gasteiger partial charge in [0.1, 0.15) is 5.82 Å². The minimum atomic E-state index is -0.555. The Kier molecular flexibility index (Phi) is 4.27. The van der Waals surface area contributed by atoms with E-state index in [9.17, 15) is 5.11 Å². The van der Waals surface area contributed by atoms with E-state index in [0.29, 0.717) is 6.42 Å². The summed E-state index contributed by atoms with van der Waals surface area (Å²) in [5.41, 5.74) is 0.787. The maximum atomic E-state index is 9.63. The van der Waals surface area contributed by atoms with Gasteiger partial charge in [-0.05, 0) is 19.9 Å². The number of hydrogen-bond donors (Lipinski definition) is 1. The van der Waals surface area contributed by atoms with Crippen LogP contribution in [0, 0.1) is 11.3 Å². The third kappa shape index (κ3) is 2.71. The lowest BCUT2D eigenvalue weighted by Gasteiger charge is -2.26. The Labute approximate surface area is 96.2 Å². The van der Waals surface area contributed by atoms with Crippen LogP contribution in [0.1, 0.15) is 31.9 Å². The fourth-order valence-electron chi connectivity index (χ4n) is 1.51. The number of pyridine rings is 1. The van der Waals surface area contributed by atoms with Gasteiger partial charge in [0, 0.05) is 24.8 Å². The van der Waals surface area contributed by atoms with Crippen LogP contribution in [-0.4, -0.2) is 23.2 Å². The standard InChI is InChI=1S/C12H17N3O/c1-9(6-7-13)15(3)12-11(10(2)16)5-4-8-14-12/h4-5,8-10,16H,6H2,1-3H3/t9?,10-/m0/s1. The molecule has 0 aliphatic rings. The Morgan fingerprint density at radius 3 is 2.81 bits per heavy atom. The molecule has 86 valence electrons. The maximum Gasteiger partial charge on any atom is 0.134 e. The number of aromatic nitrogens is 1. The first-order chi connectivity index (χ1) is 7.57. The Balaban J connectivity index is 2.99. The minimum absolute atomic E-state index is 0.0809. The van der Waals surface area contributed by atoms with E-state index < -0.39 is 6.10 Å². The molecule has 0 saturated carbocycles. The third-order valence-electron chi connectivity index (χ3n) is 2.65. The first-order valence-corrected chi connectivity index (χ1v) is 5.30. The molecule has 2 atom stereocenters. The number of aliphatic hydroxyl groups excluding tert-OH is 1. The Bertz CT molecular complexity index is 384. The van der Waals surface area contributed by atoms with Crippen molar-refractivity contribution in [2.45, 2.75) is 32.4 Å². The van der Waals surface area contributed by atoms with Gasteiger partial charge in [-0.15, -0.1) is 0 Å². The van der Waals surface area contributed by atoms with Crippen LogP contribution in [0.4, 0.5) is 5.82 Å². The van der Waals surface area contributed by atoms with E-state index >= 15 is 0 Å². The summed E-state index contributed by atoms with van der Waals surface area (Å²) in [7, 11) is 1.89. The zero-order valence-corrected chi connectivity index (χ0v) is 9.88. The van der Waals surface area contributed by atoms with Crippen molar-refractivity contribution in [3.63, 3.8) is 0 Å². The average molecular weight is 219 g/mol. The van der Waals surface area contributed by atoms with E-state index in [1.807, 2.05) is 24.9 Å². The highest BCUT2D eigenvalue weighted by atomic mass is 16.3. The van der Waals surface area contributed by atoms with Gasteiger partial charge < -0.3 is 10.0 Å². The van der Waals surface area contributed by atoms with Gasteiger partial charge in [-0.25, -0.2) is 4.98 Å². The third-order valence-corrected chi connectivity index (χ3v) is 2.65. The summed E-state index contributed by atoms with van der Waals surface area (Å²) >= 11 is 0. The average Bonchev–Trinajstić information content (AvgIpc) is 2.28. The SMILES string of the molecule is CC(CC#N)N(C)c1ncccc1[C@H](C)O. The molecule has 0 aliphatic carbocycles. The second kappa shape index (κ2) is 5.47. The number of anilines is 1. The number of nitrogens with zero attached hydrogens (tertiary/aromatic N) is 3. The summed E-state index contributed by atoms with van der Waals surface area (Å²) in [6, 6.07) is 5.87. The smallest absolute Gasteiger partial charge is 0.134 e. The Morgan fingerprint density at radius 2 is 2.25 bits per heavy atom. The summed E-state index contributed by atoms with van der Waals surface area (Å²) in [6.45, 7) is 3.67. The molecule has 0 amide bonds. The van der Waals surface area contributed by atoms with Crippen LogP contribution in [-0.2, 0) is 0 Å². The van der Waals surface area contributed by atoms with Crippen LogP contribution >= 0.6 is 0 Å². The van der Waals surface area contributed by atoms with Crippen LogP contribution in [0.25, 0.3) is 0 Å². The molecule has 1 heterocycles. The summed E-state index contributed by atoms with van der Waals surface area (Å²) in [5.74, 6) is 0.736. The molecule has 0 aromatic carbocycles. The molecule has 1 aromatic rings. The highest BCUT2D eigenvalue weighted by molar-refractivity contribution is 5.47.